The zero-order chi connectivity index (χ0) is 13.7. The van der Waals surface area contributed by atoms with E-state index in [4.69, 9.17) is 4.74 Å². The van der Waals surface area contributed by atoms with Gasteiger partial charge in [0.25, 0.3) is 0 Å². The van der Waals surface area contributed by atoms with Crippen molar-refractivity contribution in [3.8, 4) is 0 Å². The number of rotatable bonds is 6. The fraction of sp³-hybridized carbons (Fsp3) is 0.562. The van der Waals surface area contributed by atoms with Gasteiger partial charge in [0.05, 0.1) is 6.61 Å². The van der Waals surface area contributed by atoms with E-state index < -0.39 is 0 Å². The van der Waals surface area contributed by atoms with E-state index in [1.807, 2.05) is 31.2 Å². The molecule has 1 aromatic rings. The van der Waals surface area contributed by atoms with Crippen LogP contribution in [-0.4, -0.2) is 44.0 Å². The highest BCUT2D eigenvalue weighted by Gasteiger charge is 2.22. The molecule has 0 amide bonds. The molecule has 0 N–H and O–H groups in total. The molecule has 0 saturated carbocycles. The number of methoxy groups -OCH3 is 1. The predicted octanol–water partition coefficient (Wildman–Crippen LogP) is 2.54. The van der Waals surface area contributed by atoms with Crippen molar-refractivity contribution in [3.63, 3.8) is 0 Å². The Bertz CT molecular complexity index is 413. The highest BCUT2D eigenvalue weighted by molar-refractivity contribution is 5.96. The van der Waals surface area contributed by atoms with Crippen molar-refractivity contribution in [2.45, 2.75) is 19.8 Å². The van der Waals surface area contributed by atoms with Gasteiger partial charge in [0.15, 0.2) is 5.78 Å². The molecule has 1 atom stereocenters. The van der Waals surface area contributed by atoms with Crippen LogP contribution in [0, 0.1) is 12.8 Å². The minimum atomic E-state index is 0.246. The van der Waals surface area contributed by atoms with Gasteiger partial charge in [0, 0.05) is 32.2 Å². The largest absolute Gasteiger partial charge is 0.384 e. The Morgan fingerprint density at radius 1 is 1.37 bits per heavy atom. The molecule has 1 fully saturated rings. The number of likely N-dealkylation sites (tertiary alicyclic amines) is 1. The highest BCUT2D eigenvalue weighted by atomic mass is 16.5. The lowest BCUT2D eigenvalue weighted by Gasteiger charge is -2.15. The Kier molecular flexibility index (Phi) is 5.11. The summed E-state index contributed by atoms with van der Waals surface area (Å²) in [5, 5.41) is 0. The molecule has 1 aliphatic heterocycles. The lowest BCUT2D eigenvalue weighted by molar-refractivity contribution is 0.0966. The van der Waals surface area contributed by atoms with E-state index in [9.17, 15) is 4.79 Å². The van der Waals surface area contributed by atoms with Gasteiger partial charge in [-0.15, -0.1) is 0 Å². The van der Waals surface area contributed by atoms with Gasteiger partial charge in [-0.1, -0.05) is 29.8 Å². The smallest absolute Gasteiger partial charge is 0.164 e. The normalized spacial score (nSPS) is 19.8. The van der Waals surface area contributed by atoms with Crippen LogP contribution in [0.15, 0.2) is 24.3 Å². The van der Waals surface area contributed by atoms with Gasteiger partial charge in [-0.25, -0.2) is 0 Å². The van der Waals surface area contributed by atoms with Crippen LogP contribution in [0.25, 0.3) is 0 Å². The first-order valence-electron chi connectivity index (χ1n) is 7.00. The molecule has 0 spiro atoms. The Balaban J connectivity index is 1.76. The van der Waals surface area contributed by atoms with E-state index in [0.717, 1.165) is 31.8 Å². The molecule has 0 aliphatic carbocycles. The molecule has 1 aromatic carbocycles. The van der Waals surface area contributed by atoms with E-state index in [1.165, 1.54) is 12.0 Å². The molecule has 3 heteroatoms. The van der Waals surface area contributed by atoms with Crippen molar-refractivity contribution in [1.29, 1.82) is 0 Å². The fourth-order valence-electron chi connectivity index (χ4n) is 2.63. The van der Waals surface area contributed by atoms with Crippen LogP contribution >= 0.6 is 0 Å². The van der Waals surface area contributed by atoms with Crippen LogP contribution in [0.2, 0.25) is 0 Å². The Morgan fingerprint density at radius 2 is 2.11 bits per heavy atom. The summed E-state index contributed by atoms with van der Waals surface area (Å²) >= 11 is 0. The van der Waals surface area contributed by atoms with Crippen LogP contribution in [-0.2, 0) is 4.74 Å². The number of nitrogens with zero attached hydrogens (tertiary/aromatic N) is 1. The van der Waals surface area contributed by atoms with Gasteiger partial charge < -0.3 is 9.64 Å². The lowest BCUT2D eigenvalue weighted by Crippen LogP contribution is -2.24. The molecule has 104 valence electrons. The fourth-order valence-corrected chi connectivity index (χ4v) is 2.63. The summed E-state index contributed by atoms with van der Waals surface area (Å²) in [7, 11) is 1.75. The Morgan fingerprint density at radius 3 is 2.79 bits per heavy atom. The highest BCUT2D eigenvalue weighted by Crippen LogP contribution is 2.17. The molecule has 0 aromatic heterocycles. The third-order valence-electron chi connectivity index (χ3n) is 3.80. The Hall–Kier alpha value is -1.19. The quantitative estimate of drug-likeness (QED) is 0.737. The topological polar surface area (TPSA) is 29.5 Å². The third-order valence-corrected chi connectivity index (χ3v) is 3.80. The molecule has 0 radical (unpaired) electrons. The maximum atomic E-state index is 12.1. The van der Waals surface area contributed by atoms with Crippen molar-refractivity contribution in [2.24, 2.45) is 5.92 Å². The molecule has 0 bridgehead atoms. The first-order chi connectivity index (χ1) is 9.19. The number of hydrogen-bond acceptors (Lipinski definition) is 3. The van der Waals surface area contributed by atoms with Crippen molar-refractivity contribution < 1.29 is 9.53 Å². The van der Waals surface area contributed by atoms with Gasteiger partial charge in [-0.2, -0.15) is 0 Å². The summed E-state index contributed by atoms with van der Waals surface area (Å²) < 4.78 is 5.19. The van der Waals surface area contributed by atoms with Crippen LogP contribution in [0.4, 0.5) is 0 Å². The summed E-state index contributed by atoms with van der Waals surface area (Å²) in [6, 6.07) is 7.85. The zero-order valence-electron chi connectivity index (χ0n) is 11.9. The molecule has 1 heterocycles. The van der Waals surface area contributed by atoms with Crippen LogP contribution in [0.5, 0.6) is 0 Å². The molecule has 2 rings (SSSR count). The summed E-state index contributed by atoms with van der Waals surface area (Å²) in [5.41, 5.74) is 2.02. The second kappa shape index (κ2) is 6.83. The summed E-state index contributed by atoms with van der Waals surface area (Å²) in [4.78, 5) is 14.4. The second-order valence-corrected chi connectivity index (χ2v) is 5.45. The number of hydrogen-bond donors (Lipinski definition) is 0. The second-order valence-electron chi connectivity index (χ2n) is 5.45. The van der Waals surface area contributed by atoms with Crippen LogP contribution in [0.3, 0.4) is 0 Å². The average molecular weight is 261 g/mol. The van der Waals surface area contributed by atoms with Gasteiger partial charge in [0.2, 0.25) is 0 Å². The van der Waals surface area contributed by atoms with Crippen molar-refractivity contribution in [2.75, 3.05) is 33.4 Å². The van der Waals surface area contributed by atoms with Gasteiger partial charge in [-0.05, 0) is 25.8 Å². The number of carbonyl (C=O) groups is 1. The van der Waals surface area contributed by atoms with Crippen molar-refractivity contribution in [1.82, 2.24) is 4.90 Å². The first kappa shape index (κ1) is 14.2. The summed E-state index contributed by atoms with van der Waals surface area (Å²) in [6.45, 7) is 5.90. The zero-order valence-corrected chi connectivity index (χ0v) is 11.9. The van der Waals surface area contributed by atoms with E-state index in [2.05, 4.69) is 4.90 Å². The molecular formula is C16H23NO2. The number of carbonyl (C=O) groups excluding carboxylic acids is 1. The van der Waals surface area contributed by atoms with Crippen molar-refractivity contribution >= 4 is 5.78 Å². The number of benzene rings is 1. The minimum absolute atomic E-state index is 0.246. The van der Waals surface area contributed by atoms with Gasteiger partial charge in [0.1, 0.15) is 0 Å². The SMILES string of the molecule is COCC1CCN(CCC(=O)c2ccc(C)cc2)C1. The molecule has 1 unspecified atom stereocenters. The molecule has 3 nitrogen and oxygen atoms in total. The van der Waals surface area contributed by atoms with E-state index >= 15 is 0 Å². The summed E-state index contributed by atoms with van der Waals surface area (Å²) in [5.74, 6) is 0.884. The van der Waals surface area contributed by atoms with E-state index in [0.29, 0.717) is 12.3 Å². The van der Waals surface area contributed by atoms with Gasteiger partial charge >= 0.3 is 0 Å². The van der Waals surface area contributed by atoms with Crippen molar-refractivity contribution in [3.05, 3.63) is 35.4 Å². The number of ketones is 1. The number of aryl methyl sites for hydroxylation is 1. The maximum absolute atomic E-state index is 12.1. The number of Topliss-reactive ketones (excluding diaryl/α,β-unsaturated/α-hetero) is 1. The predicted molar refractivity (Wildman–Crippen MR) is 76.5 cm³/mol. The van der Waals surface area contributed by atoms with Gasteiger partial charge in [-0.3, -0.25) is 4.79 Å². The molecule has 1 aliphatic rings. The number of ether oxygens (including phenoxy) is 1. The average Bonchev–Trinajstić information content (AvgIpc) is 2.85. The standard InChI is InChI=1S/C16H23NO2/c1-13-3-5-15(6-4-13)16(18)8-10-17-9-7-14(11-17)12-19-2/h3-6,14H,7-12H2,1-2H3. The molecular weight excluding hydrogens is 238 g/mol. The summed E-state index contributed by atoms with van der Waals surface area (Å²) in [6.07, 6.45) is 1.80. The third kappa shape index (κ3) is 4.15. The van der Waals surface area contributed by atoms with E-state index in [-0.39, 0.29) is 5.78 Å². The van der Waals surface area contributed by atoms with E-state index in [1.54, 1.807) is 7.11 Å². The monoisotopic (exact) mass is 261 g/mol. The Labute approximate surface area is 115 Å². The first-order valence-corrected chi connectivity index (χ1v) is 7.00. The maximum Gasteiger partial charge on any atom is 0.164 e. The van der Waals surface area contributed by atoms with Crippen LogP contribution < -0.4 is 0 Å². The minimum Gasteiger partial charge on any atom is -0.384 e. The lowest BCUT2D eigenvalue weighted by atomic mass is 10.1. The molecule has 19 heavy (non-hydrogen) atoms. The molecule has 1 saturated heterocycles. The van der Waals surface area contributed by atoms with Crippen LogP contribution in [0.1, 0.15) is 28.8 Å².